The summed E-state index contributed by atoms with van der Waals surface area (Å²) in [4.78, 5) is 0. The zero-order valence-electron chi connectivity index (χ0n) is 12.9. The van der Waals surface area contributed by atoms with Crippen molar-refractivity contribution in [3.8, 4) is 5.75 Å². The van der Waals surface area contributed by atoms with Crippen LogP contribution in [0.15, 0.2) is 24.3 Å². The van der Waals surface area contributed by atoms with Gasteiger partial charge in [-0.15, -0.1) is 0 Å². The lowest BCUT2D eigenvalue weighted by molar-refractivity contribution is -0.0317. The Kier molecular flexibility index (Phi) is 4.92. The number of nitrogen functional groups attached to an aromatic ring is 1. The number of ether oxygens (including phenoxy) is 2. The van der Waals surface area contributed by atoms with E-state index in [1.165, 1.54) is 12.8 Å². The van der Waals surface area contributed by atoms with Crippen LogP contribution in [0.5, 0.6) is 5.75 Å². The maximum atomic E-state index is 5.98. The van der Waals surface area contributed by atoms with Gasteiger partial charge in [-0.1, -0.05) is 20.8 Å². The van der Waals surface area contributed by atoms with Crippen molar-refractivity contribution < 1.29 is 9.47 Å². The topological polar surface area (TPSA) is 44.5 Å². The standard InChI is InChI=1S/C17H27NO2/c1-13-10-16(12-17(2,3)11-13)20-9-8-19-15-6-4-14(18)5-7-15/h4-7,13,16H,8-12,18H2,1-3H3. The highest BCUT2D eigenvalue weighted by molar-refractivity contribution is 5.41. The second-order valence-corrected chi connectivity index (χ2v) is 6.82. The Balaban J connectivity index is 1.69. The molecule has 1 aliphatic carbocycles. The summed E-state index contributed by atoms with van der Waals surface area (Å²) in [6.07, 6.45) is 4.00. The molecule has 0 saturated heterocycles. The second-order valence-electron chi connectivity index (χ2n) is 6.82. The van der Waals surface area contributed by atoms with Crippen LogP contribution in [0.1, 0.15) is 40.0 Å². The highest BCUT2D eigenvalue weighted by Gasteiger charge is 2.32. The van der Waals surface area contributed by atoms with E-state index in [9.17, 15) is 0 Å². The Morgan fingerprint density at radius 2 is 1.85 bits per heavy atom. The van der Waals surface area contributed by atoms with Gasteiger partial charge in [-0.2, -0.15) is 0 Å². The Labute approximate surface area is 122 Å². The first-order valence-electron chi connectivity index (χ1n) is 7.54. The lowest BCUT2D eigenvalue weighted by Gasteiger charge is -2.38. The molecule has 2 N–H and O–H groups in total. The molecule has 0 radical (unpaired) electrons. The third-order valence-electron chi connectivity index (χ3n) is 3.93. The molecule has 0 aliphatic heterocycles. The van der Waals surface area contributed by atoms with Crippen LogP contribution < -0.4 is 10.5 Å². The van der Waals surface area contributed by atoms with Crippen molar-refractivity contribution >= 4 is 5.69 Å². The van der Waals surface area contributed by atoms with Crippen molar-refractivity contribution in [1.82, 2.24) is 0 Å². The van der Waals surface area contributed by atoms with E-state index in [2.05, 4.69) is 20.8 Å². The number of hydrogen-bond acceptors (Lipinski definition) is 3. The van der Waals surface area contributed by atoms with Crippen LogP contribution in [0.3, 0.4) is 0 Å². The van der Waals surface area contributed by atoms with Crippen LogP contribution in [0.25, 0.3) is 0 Å². The normalized spacial score (nSPS) is 25.4. The first-order valence-corrected chi connectivity index (χ1v) is 7.54. The summed E-state index contributed by atoms with van der Waals surface area (Å²) < 4.78 is 11.6. The van der Waals surface area contributed by atoms with Gasteiger partial charge in [0.2, 0.25) is 0 Å². The van der Waals surface area contributed by atoms with Crippen LogP contribution in [0.4, 0.5) is 5.69 Å². The molecule has 1 aromatic rings. The number of rotatable bonds is 5. The van der Waals surface area contributed by atoms with Crippen molar-refractivity contribution in [3.63, 3.8) is 0 Å². The molecule has 20 heavy (non-hydrogen) atoms. The molecule has 0 amide bonds. The molecular formula is C17H27NO2. The molecule has 0 spiro atoms. The summed E-state index contributed by atoms with van der Waals surface area (Å²) in [5, 5.41) is 0. The van der Waals surface area contributed by atoms with E-state index in [0.29, 0.717) is 24.7 Å². The maximum absolute atomic E-state index is 5.98. The van der Waals surface area contributed by atoms with Crippen molar-refractivity contribution in [2.24, 2.45) is 11.3 Å². The van der Waals surface area contributed by atoms with Gasteiger partial charge in [0, 0.05) is 5.69 Å². The van der Waals surface area contributed by atoms with Crippen molar-refractivity contribution in [2.45, 2.75) is 46.1 Å². The van der Waals surface area contributed by atoms with E-state index in [0.717, 1.165) is 23.8 Å². The summed E-state index contributed by atoms with van der Waals surface area (Å²) >= 11 is 0. The fourth-order valence-electron chi connectivity index (χ4n) is 3.32. The summed E-state index contributed by atoms with van der Waals surface area (Å²) in [7, 11) is 0. The minimum Gasteiger partial charge on any atom is -0.491 e. The van der Waals surface area contributed by atoms with Crippen LogP contribution in [0.2, 0.25) is 0 Å². The van der Waals surface area contributed by atoms with Gasteiger partial charge in [-0.05, 0) is 54.9 Å². The maximum Gasteiger partial charge on any atom is 0.119 e. The van der Waals surface area contributed by atoms with Gasteiger partial charge in [0.1, 0.15) is 12.4 Å². The quantitative estimate of drug-likeness (QED) is 0.656. The van der Waals surface area contributed by atoms with Gasteiger partial charge < -0.3 is 15.2 Å². The molecular weight excluding hydrogens is 250 g/mol. The number of nitrogens with two attached hydrogens (primary N) is 1. The summed E-state index contributed by atoms with van der Waals surface area (Å²) in [5.74, 6) is 1.60. The van der Waals surface area contributed by atoms with Crippen LogP contribution in [0, 0.1) is 11.3 Å². The minimum atomic E-state index is 0.378. The number of hydrogen-bond donors (Lipinski definition) is 1. The molecule has 3 heteroatoms. The van der Waals surface area contributed by atoms with Crippen molar-refractivity contribution in [3.05, 3.63) is 24.3 Å². The monoisotopic (exact) mass is 277 g/mol. The van der Waals surface area contributed by atoms with Crippen LogP contribution in [-0.2, 0) is 4.74 Å². The predicted molar refractivity (Wildman–Crippen MR) is 82.9 cm³/mol. The average molecular weight is 277 g/mol. The average Bonchev–Trinajstić information content (AvgIpc) is 2.34. The van der Waals surface area contributed by atoms with E-state index in [-0.39, 0.29) is 0 Å². The fraction of sp³-hybridized carbons (Fsp3) is 0.647. The summed E-state index contributed by atoms with van der Waals surface area (Å²) in [5.41, 5.74) is 6.80. The van der Waals surface area contributed by atoms with E-state index < -0.39 is 0 Å². The van der Waals surface area contributed by atoms with E-state index in [4.69, 9.17) is 15.2 Å². The van der Waals surface area contributed by atoms with Crippen molar-refractivity contribution in [2.75, 3.05) is 18.9 Å². The van der Waals surface area contributed by atoms with E-state index in [1.807, 2.05) is 24.3 Å². The minimum absolute atomic E-state index is 0.378. The zero-order valence-corrected chi connectivity index (χ0v) is 12.9. The largest absolute Gasteiger partial charge is 0.491 e. The molecule has 0 bridgehead atoms. The Morgan fingerprint density at radius 3 is 2.50 bits per heavy atom. The molecule has 0 aromatic heterocycles. The third kappa shape index (κ3) is 4.71. The lowest BCUT2D eigenvalue weighted by Crippen LogP contribution is -2.33. The van der Waals surface area contributed by atoms with E-state index in [1.54, 1.807) is 0 Å². The fourth-order valence-corrected chi connectivity index (χ4v) is 3.32. The van der Waals surface area contributed by atoms with E-state index >= 15 is 0 Å². The van der Waals surface area contributed by atoms with Gasteiger partial charge in [0.15, 0.2) is 0 Å². The SMILES string of the molecule is CC1CC(OCCOc2ccc(N)cc2)CC(C)(C)C1. The highest BCUT2D eigenvalue weighted by atomic mass is 16.5. The Bertz CT molecular complexity index is 414. The van der Waals surface area contributed by atoms with Gasteiger partial charge in [-0.25, -0.2) is 0 Å². The molecule has 2 atom stereocenters. The van der Waals surface area contributed by atoms with Crippen LogP contribution >= 0.6 is 0 Å². The Morgan fingerprint density at radius 1 is 1.15 bits per heavy atom. The predicted octanol–water partition coefficient (Wildman–Crippen LogP) is 3.88. The lowest BCUT2D eigenvalue weighted by atomic mass is 9.71. The summed E-state index contributed by atoms with van der Waals surface area (Å²) in [6.45, 7) is 8.24. The van der Waals surface area contributed by atoms with Gasteiger partial charge >= 0.3 is 0 Å². The molecule has 2 unspecified atom stereocenters. The Hall–Kier alpha value is -1.22. The highest BCUT2D eigenvalue weighted by Crippen LogP contribution is 2.39. The molecule has 2 rings (SSSR count). The molecule has 1 aromatic carbocycles. The summed E-state index contributed by atoms with van der Waals surface area (Å²) in [6, 6.07) is 7.48. The molecule has 0 heterocycles. The second kappa shape index (κ2) is 6.49. The smallest absolute Gasteiger partial charge is 0.119 e. The van der Waals surface area contributed by atoms with Gasteiger partial charge in [-0.3, -0.25) is 0 Å². The number of benzene rings is 1. The molecule has 1 fully saturated rings. The van der Waals surface area contributed by atoms with Crippen LogP contribution in [-0.4, -0.2) is 19.3 Å². The van der Waals surface area contributed by atoms with Crippen molar-refractivity contribution in [1.29, 1.82) is 0 Å². The molecule has 1 aliphatic rings. The van der Waals surface area contributed by atoms with Gasteiger partial charge in [0.05, 0.1) is 12.7 Å². The molecule has 1 saturated carbocycles. The first-order chi connectivity index (χ1) is 9.44. The molecule has 3 nitrogen and oxygen atoms in total. The van der Waals surface area contributed by atoms with Gasteiger partial charge in [0.25, 0.3) is 0 Å². The number of anilines is 1. The molecule has 112 valence electrons. The third-order valence-corrected chi connectivity index (χ3v) is 3.93. The first kappa shape index (κ1) is 15.2. The zero-order chi connectivity index (χ0) is 14.6.